The Kier molecular flexibility index (Phi) is 7.57. The highest BCUT2D eigenvalue weighted by Gasteiger charge is 2.23. The molecule has 26 heavy (non-hydrogen) atoms. The van der Waals surface area contributed by atoms with Gasteiger partial charge in [0, 0.05) is 44.8 Å². The van der Waals surface area contributed by atoms with Gasteiger partial charge >= 0.3 is 0 Å². The number of carbonyl (C=O) groups excluding carboxylic acids is 2. The molecule has 0 bridgehead atoms. The number of carbonyl (C=O) groups is 2. The number of amides is 1. The second kappa shape index (κ2) is 9.67. The quantitative estimate of drug-likeness (QED) is 0.666. The molecule has 0 radical (unpaired) electrons. The Balaban J connectivity index is 1.90. The number of piperazine rings is 1. The molecular weight excluding hydrogens is 333 g/mol. The van der Waals surface area contributed by atoms with Crippen LogP contribution in [0.25, 0.3) is 0 Å². The van der Waals surface area contributed by atoms with Crippen LogP contribution in [0.3, 0.4) is 0 Å². The highest BCUT2D eigenvalue weighted by atomic mass is 19.1. The fraction of sp³-hybridized carbons (Fsp3) is 0.600. The zero-order chi connectivity index (χ0) is 19.1. The van der Waals surface area contributed by atoms with Gasteiger partial charge in [0.1, 0.15) is 5.82 Å². The molecule has 0 spiro atoms. The van der Waals surface area contributed by atoms with Gasteiger partial charge in [0.25, 0.3) is 0 Å². The lowest BCUT2D eigenvalue weighted by Crippen LogP contribution is -2.50. The maximum atomic E-state index is 14.3. The highest BCUT2D eigenvalue weighted by molar-refractivity contribution is 5.94. The Labute approximate surface area is 155 Å². The van der Waals surface area contributed by atoms with Crippen LogP contribution >= 0.6 is 0 Å². The average molecular weight is 363 g/mol. The van der Waals surface area contributed by atoms with Gasteiger partial charge < -0.3 is 9.80 Å². The predicted molar refractivity (Wildman–Crippen MR) is 102 cm³/mol. The number of Topliss-reactive ketones (excluding diaryl/α,β-unsaturated/α-hetero) is 1. The van der Waals surface area contributed by atoms with Gasteiger partial charge in [-0.1, -0.05) is 13.8 Å². The van der Waals surface area contributed by atoms with E-state index in [1.54, 1.807) is 12.1 Å². The molecule has 1 aliphatic rings. The molecule has 1 saturated heterocycles. The normalized spacial score (nSPS) is 15.2. The van der Waals surface area contributed by atoms with Gasteiger partial charge in [-0.05, 0) is 38.0 Å². The summed E-state index contributed by atoms with van der Waals surface area (Å²) in [5.41, 5.74) is 0.919. The lowest BCUT2D eigenvalue weighted by molar-refractivity contribution is -0.132. The summed E-state index contributed by atoms with van der Waals surface area (Å²) in [7, 11) is 0. The van der Waals surface area contributed by atoms with Crippen molar-refractivity contribution in [3.63, 3.8) is 0 Å². The molecule has 2 rings (SSSR count). The van der Waals surface area contributed by atoms with E-state index in [2.05, 4.69) is 18.7 Å². The molecule has 1 amide bonds. The minimum absolute atomic E-state index is 0.137. The van der Waals surface area contributed by atoms with E-state index in [1.165, 1.54) is 13.0 Å². The predicted octanol–water partition coefficient (Wildman–Crippen LogP) is 2.80. The van der Waals surface area contributed by atoms with E-state index in [1.807, 2.05) is 9.80 Å². The summed E-state index contributed by atoms with van der Waals surface area (Å²) in [5.74, 6) is -0.319. The molecule has 0 saturated carbocycles. The summed E-state index contributed by atoms with van der Waals surface area (Å²) in [5, 5.41) is 0. The Morgan fingerprint density at radius 1 is 1.08 bits per heavy atom. The first kappa shape index (κ1) is 20.4. The molecule has 0 N–H and O–H groups in total. The molecule has 1 heterocycles. The number of hydrogen-bond acceptors (Lipinski definition) is 4. The molecule has 6 heteroatoms. The Morgan fingerprint density at radius 3 is 2.19 bits per heavy atom. The lowest BCUT2D eigenvalue weighted by Gasteiger charge is -2.36. The van der Waals surface area contributed by atoms with Crippen LogP contribution in [0.15, 0.2) is 18.2 Å². The van der Waals surface area contributed by atoms with Crippen LogP contribution in [0.1, 0.15) is 44.0 Å². The Bertz CT molecular complexity index is 621. The van der Waals surface area contributed by atoms with E-state index in [0.29, 0.717) is 30.9 Å². The van der Waals surface area contributed by atoms with E-state index in [9.17, 15) is 14.0 Å². The van der Waals surface area contributed by atoms with Crippen LogP contribution in [-0.4, -0.2) is 67.3 Å². The van der Waals surface area contributed by atoms with Crippen molar-refractivity contribution in [2.45, 2.75) is 33.6 Å². The van der Waals surface area contributed by atoms with Crippen LogP contribution in [0, 0.1) is 5.82 Å². The summed E-state index contributed by atoms with van der Waals surface area (Å²) < 4.78 is 14.3. The Hall–Kier alpha value is -1.95. The fourth-order valence-electron chi connectivity index (χ4n) is 3.32. The van der Waals surface area contributed by atoms with Gasteiger partial charge in [-0.25, -0.2) is 4.39 Å². The largest absolute Gasteiger partial charge is 0.367 e. The first-order valence-corrected chi connectivity index (χ1v) is 9.51. The minimum Gasteiger partial charge on any atom is -0.367 e. The number of benzene rings is 1. The zero-order valence-corrected chi connectivity index (χ0v) is 16.1. The first-order chi connectivity index (χ1) is 12.5. The fourth-order valence-corrected chi connectivity index (χ4v) is 3.32. The third-order valence-electron chi connectivity index (χ3n) is 4.77. The van der Waals surface area contributed by atoms with Crippen molar-refractivity contribution in [2.75, 3.05) is 50.7 Å². The van der Waals surface area contributed by atoms with Crippen molar-refractivity contribution in [1.29, 1.82) is 0 Å². The molecule has 1 aromatic rings. The molecule has 144 valence electrons. The second-order valence-corrected chi connectivity index (χ2v) is 6.87. The average Bonchev–Trinajstić information content (AvgIpc) is 2.62. The van der Waals surface area contributed by atoms with Crippen LogP contribution < -0.4 is 4.90 Å². The summed E-state index contributed by atoms with van der Waals surface area (Å²) in [4.78, 5) is 29.9. The molecule has 1 aromatic carbocycles. The lowest BCUT2D eigenvalue weighted by atomic mass is 10.1. The molecule has 0 aliphatic carbocycles. The molecule has 5 nitrogen and oxygen atoms in total. The van der Waals surface area contributed by atoms with E-state index in [4.69, 9.17) is 0 Å². The Morgan fingerprint density at radius 2 is 1.69 bits per heavy atom. The van der Waals surface area contributed by atoms with Gasteiger partial charge in [0.05, 0.1) is 12.2 Å². The SMILES string of the molecule is CCCN(CCC)C(=O)CN1CCN(c2ccc(C(C)=O)cc2F)CC1. The summed E-state index contributed by atoms with van der Waals surface area (Å²) >= 11 is 0. The number of rotatable bonds is 8. The van der Waals surface area contributed by atoms with E-state index >= 15 is 0 Å². The molecule has 0 aromatic heterocycles. The third-order valence-corrected chi connectivity index (χ3v) is 4.77. The highest BCUT2D eigenvalue weighted by Crippen LogP contribution is 2.22. The second-order valence-electron chi connectivity index (χ2n) is 6.87. The number of anilines is 1. The van der Waals surface area contributed by atoms with Gasteiger partial charge in [0.2, 0.25) is 5.91 Å². The molecule has 0 unspecified atom stereocenters. The zero-order valence-electron chi connectivity index (χ0n) is 16.1. The van der Waals surface area contributed by atoms with Crippen LogP contribution in [0.2, 0.25) is 0 Å². The van der Waals surface area contributed by atoms with Crippen LogP contribution in [0.4, 0.5) is 10.1 Å². The summed E-state index contributed by atoms with van der Waals surface area (Å²) in [6.07, 6.45) is 1.93. The van der Waals surface area contributed by atoms with Crippen LogP contribution in [0.5, 0.6) is 0 Å². The van der Waals surface area contributed by atoms with Gasteiger partial charge in [-0.3, -0.25) is 14.5 Å². The maximum absolute atomic E-state index is 14.3. The van der Waals surface area contributed by atoms with Crippen LogP contribution in [-0.2, 0) is 4.79 Å². The third kappa shape index (κ3) is 5.27. The van der Waals surface area contributed by atoms with Crippen molar-refractivity contribution < 1.29 is 14.0 Å². The van der Waals surface area contributed by atoms with Gasteiger partial charge in [-0.2, -0.15) is 0 Å². The van der Waals surface area contributed by atoms with E-state index < -0.39 is 0 Å². The maximum Gasteiger partial charge on any atom is 0.236 e. The topological polar surface area (TPSA) is 43.9 Å². The molecule has 1 fully saturated rings. The smallest absolute Gasteiger partial charge is 0.236 e. The van der Waals surface area contributed by atoms with Gasteiger partial charge in [-0.15, -0.1) is 0 Å². The number of hydrogen-bond donors (Lipinski definition) is 0. The molecule has 1 aliphatic heterocycles. The van der Waals surface area contributed by atoms with Crippen molar-refractivity contribution in [2.24, 2.45) is 0 Å². The van der Waals surface area contributed by atoms with Crippen molar-refractivity contribution in [1.82, 2.24) is 9.80 Å². The van der Waals surface area contributed by atoms with E-state index in [-0.39, 0.29) is 17.5 Å². The molecular formula is C20H30FN3O2. The van der Waals surface area contributed by atoms with Crippen molar-refractivity contribution in [3.8, 4) is 0 Å². The van der Waals surface area contributed by atoms with Crippen molar-refractivity contribution >= 4 is 17.4 Å². The van der Waals surface area contributed by atoms with Gasteiger partial charge in [0.15, 0.2) is 5.78 Å². The number of nitrogens with zero attached hydrogens (tertiary/aromatic N) is 3. The minimum atomic E-state index is -0.362. The number of ketones is 1. The summed E-state index contributed by atoms with van der Waals surface area (Å²) in [6.45, 7) is 10.4. The van der Waals surface area contributed by atoms with Crippen molar-refractivity contribution in [3.05, 3.63) is 29.6 Å². The molecule has 0 atom stereocenters. The monoisotopic (exact) mass is 363 g/mol. The number of halogens is 1. The van der Waals surface area contributed by atoms with E-state index in [0.717, 1.165) is 39.0 Å². The standard InChI is InChI=1S/C20H30FN3O2/c1-4-8-24(9-5-2)20(26)15-22-10-12-23(13-11-22)19-7-6-17(16(3)25)14-18(19)21/h6-7,14H,4-5,8-13,15H2,1-3H3. The first-order valence-electron chi connectivity index (χ1n) is 9.51. The summed E-state index contributed by atoms with van der Waals surface area (Å²) in [6, 6.07) is 4.65.